The summed E-state index contributed by atoms with van der Waals surface area (Å²) in [5.41, 5.74) is 6.08. The Kier molecular flexibility index (Phi) is 35.7. The maximum absolute atomic E-state index is 2.70. The number of nitrogens with zero attached hydrogens (tertiary/aromatic N) is 12. The minimum absolute atomic E-state index is 0.355. The van der Waals surface area contributed by atoms with Crippen molar-refractivity contribution in [1.29, 1.82) is 0 Å². The molecule has 115 heavy (non-hydrogen) atoms. The first-order valence-corrected chi connectivity index (χ1v) is 49.3. The molecule has 12 aliphatic rings. The van der Waals surface area contributed by atoms with Crippen molar-refractivity contribution in [1.82, 2.24) is 58.8 Å². The average molecular weight is 1610 g/mol. The molecule has 0 unspecified atom stereocenters. The summed E-state index contributed by atoms with van der Waals surface area (Å²) in [6.45, 7) is 120. The Balaban J connectivity index is 0.000000191. The first-order valence-electron chi connectivity index (χ1n) is 49.3. The van der Waals surface area contributed by atoms with E-state index in [0.29, 0.717) is 76.9 Å². The van der Waals surface area contributed by atoms with Crippen LogP contribution in [0.4, 0.5) is 0 Å². The van der Waals surface area contributed by atoms with Gasteiger partial charge >= 0.3 is 0 Å². The van der Waals surface area contributed by atoms with Gasteiger partial charge in [0.05, 0.1) is 0 Å². The molecule has 12 saturated heterocycles. The standard InChI is InChI=1S/C18H36N2.5C17H34N2/c1-16(2,3)15-19-11-7-18(8-12-19)9-13-20(14-10-18)17(4,5)6;1-15(2,3)18-11-7-17(8-12-18)9-13-19(14-10-17)16(4,5)6;2*1-16(2,3)15-12-18(13-15)11-14-7-9-19(10-8-14)17(4,5)6;2*1-16(2,3)18-9-7-14(8-10-18)11-15-12-19(13-15)17(4,5)6/h7-15H2,1-6H3;7-14H2,1-6H3;4*14-15H,7-13H2,1-6H3. The molecule has 12 heteroatoms. The molecule has 2 spiro atoms. The zero-order valence-electron chi connectivity index (χ0n) is 84.8. The van der Waals surface area contributed by atoms with Gasteiger partial charge in [0.25, 0.3) is 0 Å². The Hall–Kier alpha value is -0.480. The third-order valence-electron chi connectivity index (χ3n) is 31.7. The second kappa shape index (κ2) is 40.4. The SMILES string of the molecule is CC(C)(C)C1CN(CC2CCN(C(C)(C)C)CC2)C1.CC(C)(C)C1CN(CC2CCN(C(C)(C)C)CC2)C1.CC(C)(C)CN1CCC2(CC1)CCN(C(C)(C)C)CC2.CC(C)(C)N1CCC(CC2CN(C(C)(C)C)C2)CC1.CC(C)(C)N1CCC(CC2CN(C(C)(C)C)C2)CC1.CC(C)(C)N1CCC2(CC1)CCN(C(C)(C)C)CC2. The summed E-state index contributed by atoms with van der Waals surface area (Å²) in [4.78, 5) is 32.0. The molecule has 12 heterocycles. The molecule has 678 valence electrons. The van der Waals surface area contributed by atoms with Gasteiger partial charge in [-0.1, -0.05) is 62.3 Å². The zero-order valence-corrected chi connectivity index (χ0v) is 84.8. The van der Waals surface area contributed by atoms with Gasteiger partial charge in [0.1, 0.15) is 0 Å². The van der Waals surface area contributed by atoms with Crippen LogP contribution in [0.5, 0.6) is 0 Å². The van der Waals surface area contributed by atoms with Gasteiger partial charge in [-0.2, -0.15) is 0 Å². The van der Waals surface area contributed by atoms with E-state index in [1.54, 1.807) is 0 Å². The van der Waals surface area contributed by atoms with E-state index in [1.807, 2.05) is 0 Å². The van der Waals surface area contributed by atoms with Crippen LogP contribution in [0.25, 0.3) is 0 Å². The number of hydrogen-bond donors (Lipinski definition) is 0. The van der Waals surface area contributed by atoms with Crippen LogP contribution >= 0.6 is 0 Å². The van der Waals surface area contributed by atoms with E-state index in [0.717, 1.165) is 47.3 Å². The van der Waals surface area contributed by atoms with Crippen LogP contribution in [-0.2, 0) is 0 Å². The highest BCUT2D eigenvalue weighted by Gasteiger charge is 2.46. The number of rotatable bonds is 9. The van der Waals surface area contributed by atoms with Crippen molar-refractivity contribution in [2.24, 2.45) is 74.4 Å². The Morgan fingerprint density at radius 2 is 0.391 bits per heavy atom. The lowest BCUT2D eigenvalue weighted by atomic mass is 9.70. The van der Waals surface area contributed by atoms with E-state index in [-0.39, 0.29) is 0 Å². The largest absolute Gasteiger partial charge is 0.303 e. The smallest absolute Gasteiger partial charge is 0.0125 e. The number of piperidine rings is 8. The third kappa shape index (κ3) is 33.1. The van der Waals surface area contributed by atoms with Crippen molar-refractivity contribution in [2.75, 3.05) is 177 Å². The molecule has 0 aromatic rings. The Bertz CT molecular complexity index is 2420. The van der Waals surface area contributed by atoms with Gasteiger partial charge in [-0.3, -0.25) is 44.1 Å². The fraction of sp³-hybridized carbons (Fsp3) is 1.00. The highest BCUT2D eigenvalue weighted by Crippen LogP contribution is 2.47. The minimum Gasteiger partial charge on any atom is -0.303 e. The maximum atomic E-state index is 2.70. The van der Waals surface area contributed by atoms with Crippen LogP contribution in [0.15, 0.2) is 0 Å². The summed E-state index contributed by atoms with van der Waals surface area (Å²) < 4.78 is 0. The lowest BCUT2D eigenvalue weighted by Gasteiger charge is -2.51. The van der Waals surface area contributed by atoms with Crippen molar-refractivity contribution in [3.05, 3.63) is 0 Å². The number of likely N-dealkylation sites (tertiary alicyclic amines) is 12. The van der Waals surface area contributed by atoms with E-state index in [9.17, 15) is 0 Å². The molecule has 0 radical (unpaired) electrons. The Morgan fingerprint density at radius 1 is 0.200 bits per heavy atom. The van der Waals surface area contributed by atoms with Gasteiger partial charge in [0, 0.05) is 122 Å². The fourth-order valence-corrected chi connectivity index (χ4v) is 21.8. The van der Waals surface area contributed by atoms with Gasteiger partial charge in [-0.05, 0) is 482 Å². The second-order valence-electron chi connectivity index (χ2n) is 53.6. The highest BCUT2D eigenvalue weighted by atomic mass is 15.3. The molecular weight excluding hydrogens is 1410 g/mol. The summed E-state index contributed by atoms with van der Waals surface area (Å²) >= 11 is 0. The van der Waals surface area contributed by atoms with Crippen LogP contribution < -0.4 is 0 Å². The topological polar surface area (TPSA) is 38.9 Å². The lowest BCUT2D eigenvalue weighted by molar-refractivity contribution is -0.0162. The van der Waals surface area contributed by atoms with Crippen LogP contribution in [0.3, 0.4) is 0 Å². The van der Waals surface area contributed by atoms with Crippen LogP contribution in [-0.4, -0.2) is 285 Å². The molecule has 0 aromatic heterocycles. The quantitative estimate of drug-likeness (QED) is 0.221. The normalized spacial score (nSPS) is 25.9. The molecule has 0 N–H and O–H groups in total. The van der Waals surface area contributed by atoms with Gasteiger partial charge < -0.3 is 14.7 Å². The van der Waals surface area contributed by atoms with Crippen molar-refractivity contribution in [3.8, 4) is 0 Å². The minimum atomic E-state index is 0.355. The molecule has 12 aliphatic heterocycles. The van der Waals surface area contributed by atoms with Crippen molar-refractivity contribution >= 4 is 0 Å². The molecule has 0 aliphatic carbocycles. The van der Waals surface area contributed by atoms with E-state index in [4.69, 9.17) is 0 Å². The van der Waals surface area contributed by atoms with E-state index in [2.05, 4.69) is 308 Å². The molecule has 0 bridgehead atoms. The summed E-state index contributed by atoms with van der Waals surface area (Å²) in [6.07, 6.45) is 25.6. The predicted octanol–water partition coefficient (Wildman–Crippen LogP) is 22.0. The zero-order chi connectivity index (χ0) is 86.4. The van der Waals surface area contributed by atoms with Crippen molar-refractivity contribution in [2.45, 2.75) is 415 Å². The monoisotopic (exact) mass is 1610 g/mol. The Morgan fingerprint density at radius 3 is 0.583 bits per heavy atom. The van der Waals surface area contributed by atoms with Gasteiger partial charge in [0.2, 0.25) is 0 Å². The first kappa shape index (κ1) is 102. The average Bonchev–Trinajstić information content (AvgIpc) is 0.787. The number of hydrogen-bond acceptors (Lipinski definition) is 12. The van der Waals surface area contributed by atoms with E-state index in [1.165, 1.54) is 292 Å². The van der Waals surface area contributed by atoms with E-state index >= 15 is 0 Å². The van der Waals surface area contributed by atoms with Crippen molar-refractivity contribution < 1.29 is 0 Å². The van der Waals surface area contributed by atoms with Gasteiger partial charge in [0.15, 0.2) is 0 Å². The van der Waals surface area contributed by atoms with Crippen LogP contribution in [0, 0.1) is 74.4 Å². The Labute approximate surface area is 720 Å². The summed E-state index contributed by atoms with van der Waals surface area (Å²) in [5.74, 6) is 7.66. The molecule has 0 saturated carbocycles. The van der Waals surface area contributed by atoms with E-state index < -0.39 is 0 Å². The molecule has 12 rings (SSSR count). The van der Waals surface area contributed by atoms with Crippen LogP contribution in [0.1, 0.15) is 365 Å². The van der Waals surface area contributed by atoms with Gasteiger partial charge in [-0.15, -0.1) is 0 Å². The molecule has 0 amide bonds. The molecule has 0 atom stereocenters. The lowest BCUT2D eigenvalue weighted by Crippen LogP contribution is -2.56. The maximum Gasteiger partial charge on any atom is 0.0125 e. The van der Waals surface area contributed by atoms with Crippen molar-refractivity contribution in [3.63, 3.8) is 0 Å². The molecule has 12 nitrogen and oxygen atoms in total. The molecule has 0 aromatic carbocycles. The summed E-state index contributed by atoms with van der Waals surface area (Å²) in [7, 11) is 0. The van der Waals surface area contributed by atoms with Crippen LogP contribution in [0.2, 0.25) is 0 Å². The molecule has 12 fully saturated rings. The second-order valence-corrected chi connectivity index (χ2v) is 53.6. The molecular formula is C103H206N12. The summed E-state index contributed by atoms with van der Waals surface area (Å²) in [5, 5.41) is 0. The highest BCUT2D eigenvalue weighted by molar-refractivity contribution is 5.00. The fourth-order valence-electron chi connectivity index (χ4n) is 21.8. The first-order chi connectivity index (χ1) is 52.4. The third-order valence-corrected chi connectivity index (χ3v) is 31.7. The summed E-state index contributed by atoms with van der Waals surface area (Å²) in [6, 6.07) is 0. The predicted molar refractivity (Wildman–Crippen MR) is 506 cm³/mol. The van der Waals surface area contributed by atoms with Gasteiger partial charge in [-0.25, -0.2) is 0 Å².